The van der Waals surface area contributed by atoms with E-state index in [1.54, 1.807) is 0 Å². The van der Waals surface area contributed by atoms with Crippen LogP contribution in [0.4, 0.5) is 0 Å². The zero-order valence-electron chi connectivity index (χ0n) is 11.3. The monoisotopic (exact) mass is 263 g/mol. The molecule has 2 unspecified atom stereocenters. The molecule has 0 spiro atoms. The van der Waals surface area contributed by atoms with E-state index in [0.717, 1.165) is 27.8 Å². The Balaban J connectivity index is 2.09. The highest BCUT2D eigenvalue weighted by molar-refractivity contribution is 6.33. The lowest BCUT2D eigenvalue weighted by Gasteiger charge is -2.31. The van der Waals surface area contributed by atoms with E-state index in [0.29, 0.717) is 6.04 Å². The summed E-state index contributed by atoms with van der Waals surface area (Å²) in [7, 11) is 0. The van der Waals surface area contributed by atoms with Crippen molar-refractivity contribution < 1.29 is 0 Å². The minimum Gasteiger partial charge on any atom is -0.382 e. The van der Waals surface area contributed by atoms with Crippen LogP contribution in [0.2, 0.25) is 5.02 Å². The Hall–Kier alpha value is -0.950. The lowest BCUT2D eigenvalue weighted by atomic mass is 9.85. The summed E-state index contributed by atoms with van der Waals surface area (Å²) in [5.41, 5.74) is 3.10. The zero-order valence-corrected chi connectivity index (χ0v) is 12.1. The van der Waals surface area contributed by atoms with Crippen LogP contribution in [-0.4, -0.2) is 6.04 Å². The molecule has 0 aromatic heterocycles. The van der Waals surface area contributed by atoms with Gasteiger partial charge in [0.25, 0.3) is 0 Å². The topological polar surface area (TPSA) is 12.0 Å². The number of hydrogen-bond acceptors (Lipinski definition) is 1. The van der Waals surface area contributed by atoms with Crippen LogP contribution in [0.1, 0.15) is 43.7 Å². The van der Waals surface area contributed by atoms with Crippen molar-refractivity contribution in [1.29, 1.82) is 0 Å². The molecule has 0 radical (unpaired) electrons. The summed E-state index contributed by atoms with van der Waals surface area (Å²) in [5, 5.41) is 4.39. The van der Waals surface area contributed by atoms with Gasteiger partial charge in [-0.3, -0.25) is 0 Å². The van der Waals surface area contributed by atoms with Crippen molar-refractivity contribution in [2.45, 2.75) is 45.6 Å². The Bertz CT molecular complexity index is 439. The Morgan fingerprint density at radius 3 is 2.78 bits per heavy atom. The fourth-order valence-corrected chi connectivity index (χ4v) is 2.95. The van der Waals surface area contributed by atoms with Gasteiger partial charge >= 0.3 is 0 Å². The van der Waals surface area contributed by atoms with Gasteiger partial charge in [0.15, 0.2) is 0 Å². The van der Waals surface area contributed by atoms with Gasteiger partial charge < -0.3 is 5.32 Å². The summed E-state index contributed by atoms with van der Waals surface area (Å²) in [5.74, 6) is 0.721. The third kappa shape index (κ3) is 2.89. The molecule has 2 heteroatoms. The molecular weight excluding hydrogens is 242 g/mol. The summed E-state index contributed by atoms with van der Waals surface area (Å²) in [6, 6.07) is 6.65. The first-order valence-electron chi connectivity index (χ1n) is 6.80. The average molecular weight is 264 g/mol. The van der Waals surface area contributed by atoms with Crippen molar-refractivity contribution in [3.8, 4) is 0 Å². The van der Waals surface area contributed by atoms with E-state index in [2.05, 4.69) is 18.8 Å². The number of nitrogens with one attached hydrogen (secondary N) is 1. The minimum atomic E-state index is 0.544. The number of hydrogen-bond donors (Lipinski definition) is 1. The van der Waals surface area contributed by atoms with Crippen LogP contribution in [0.15, 0.2) is 24.8 Å². The molecule has 1 aromatic rings. The van der Waals surface area contributed by atoms with Crippen molar-refractivity contribution in [3.05, 3.63) is 40.9 Å². The maximum atomic E-state index is 6.34. The van der Waals surface area contributed by atoms with E-state index < -0.39 is 0 Å². The smallest absolute Gasteiger partial charge is 0.0528 e. The summed E-state index contributed by atoms with van der Waals surface area (Å²) in [6.07, 6.45) is 5.23. The van der Waals surface area contributed by atoms with Crippen molar-refractivity contribution in [2.75, 3.05) is 0 Å². The van der Waals surface area contributed by atoms with Crippen LogP contribution in [0.25, 0.3) is 5.70 Å². The van der Waals surface area contributed by atoms with Gasteiger partial charge in [-0.1, -0.05) is 56.1 Å². The maximum Gasteiger partial charge on any atom is 0.0528 e. The Morgan fingerprint density at radius 2 is 2.06 bits per heavy atom. The van der Waals surface area contributed by atoms with Crippen LogP contribution in [0, 0.1) is 12.8 Å². The van der Waals surface area contributed by atoms with E-state index in [-0.39, 0.29) is 0 Å². The van der Waals surface area contributed by atoms with Crippen LogP contribution in [0.3, 0.4) is 0 Å². The zero-order chi connectivity index (χ0) is 13.1. The first-order chi connectivity index (χ1) is 8.59. The number of halogens is 1. The van der Waals surface area contributed by atoms with Crippen LogP contribution in [-0.2, 0) is 0 Å². The number of rotatable bonds is 3. The highest BCUT2D eigenvalue weighted by Gasteiger charge is 2.21. The third-order valence-corrected chi connectivity index (χ3v) is 4.49. The molecule has 1 fully saturated rings. The van der Waals surface area contributed by atoms with E-state index in [1.807, 2.05) is 25.1 Å². The normalized spacial score (nSPS) is 23.7. The molecule has 2 rings (SSSR count). The van der Waals surface area contributed by atoms with Crippen LogP contribution < -0.4 is 5.32 Å². The molecule has 2 atom stereocenters. The Labute approximate surface area is 115 Å². The molecule has 1 N–H and O–H groups in total. The van der Waals surface area contributed by atoms with Gasteiger partial charge in [0.1, 0.15) is 0 Å². The summed E-state index contributed by atoms with van der Waals surface area (Å²) in [4.78, 5) is 0. The highest BCUT2D eigenvalue weighted by Crippen LogP contribution is 2.28. The van der Waals surface area contributed by atoms with Gasteiger partial charge in [-0.2, -0.15) is 0 Å². The predicted molar refractivity (Wildman–Crippen MR) is 79.8 cm³/mol. The van der Waals surface area contributed by atoms with Crippen LogP contribution >= 0.6 is 11.6 Å². The molecule has 98 valence electrons. The van der Waals surface area contributed by atoms with Gasteiger partial charge in [-0.05, 0) is 31.2 Å². The predicted octanol–water partition coefficient (Wildman–Crippen LogP) is 4.79. The second kappa shape index (κ2) is 5.79. The largest absolute Gasteiger partial charge is 0.382 e. The summed E-state index contributed by atoms with van der Waals surface area (Å²) >= 11 is 6.34. The summed E-state index contributed by atoms with van der Waals surface area (Å²) < 4.78 is 0. The van der Waals surface area contributed by atoms with Gasteiger partial charge in [0.05, 0.1) is 5.02 Å². The summed E-state index contributed by atoms with van der Waals surface area (Å²) in [6.45, 7) is 8.51. The van der Waals surface area contributed by atoms with Crippen molar-refractivity contribution in [2.24, 2.45) is 5.92 Å². The second-order valence-corrected chi connectivity index (χ2v) is 5.81. The highest BCUT2D eigenvalue weighted by atomic mass is 35.5. The molecule has 0 heterocycles. The molecule has 0 saturated heterocycles. The van der Waals surface area contributed by atoms with E-state index in [9.17, 15) is 0 Å². The van der Waals surface area contributed by atoms with E-state index in [4.69, 9.17) is 11.6 Å². The molecule has 0 amide bonds. The second-order valence-electron chi connectivity index (χ2n) is 5.43. The first-order valence-corrected chi connectivity index (χ1v) is 7.18. The lowest BCUT2D eigenvalue weighted by molar-refractivity contribution is 0.305. The number of aryl methyl sites for hydroxylation is 1. The first kappa shape index (κ1) is 13.5. The molecule has 1 aliphatic rings. The van der Waals surface area contributed by atoms with Gasteiger partial charge in [0, 0.05) is 17.3 Å². The van der Waals surface area contributed by atoms with E-state index >= 15 is 0 Å². The molecule has 0 aliphatic heterocycles. The van der Waals surface area contributed by atoms with Gasteiger partial charge in [0.2, 0.25) is 0 Å². The fourth-order valence-electron chi connectivity index (χ4n) is 2.71. The van der Waals surface area contributed by atoms with Gasteiger partial charge in [-0.25, -0.2) is 0 Å². The van der Waals surface area contributed by atoms with Crippen LogP contribution in [0.5, 0.6) is 0 Å². The standard InChI is InChI=1S/C16H22ClN/c1-11-7-4-5-10-15(11)18-13(3)14-9-6-8-12(2)16(14)17/h6,8-9,11,15,18H,3-5,7,10H2,1-2H3. The maximum absolute atomic E-state index is 6.34. The molecule has 1 aromatic carbocycles. The van der Waals surface area contributed by atoms with Gasteiger partial charge in [-0.15, -0.1) is 0 Å². The minimum absolute atomic E-state index is 0.544. The fraction of sp³-hybridized carbons (Fsp3) is 0.500. The molecular formula is C16H22ClN. The Morgan fingerprint density at radius 1 is 1.33 bits per heavy atom. The lowest BCUT2D eigenvalue weighted by Crippen LogP contribution is -2.35. The number of benzene rings is 1. The SMILES string of the molecule is C=C(NC1CCCCC1C)c1cccc(C)c1Cl. The molecule has 1 aliphatic carbocycles. The van der Waals surface area contributed by atoms with Crippen molar-refractivity contribution >= 4 is 17.3 Å². The average Bonchev–Trinajstić information content (AvgIpc) is 2.35. The molecule has 1 nitrogen and oxygen atoms in total. The molecule has 1 saturated carbocycles. The third-order valence-electron chi connectivity index (χ3n) is 3.99. The van der Waals surface area contributed by atoms with Crippen molar-refractivity contribution in [3.63, 3.8) is 0 Å². The van der Waals surface area contributed by atoms with E-state index in [1.165, 1.54) is 25.7 Å². The molecule has 18 heavy (non-hydrogen) atoms. The molecule has 0 bridgehead atoms. The quantitative estimate of drug-likeness (QED) is 0.827. The van der Waals surface area contributed by atoms with Crippen molar-refractivity contribution in [1.82, 2.24) is 5.32 Å². The Kier molecular flexibility index (Phi) is 4.34.